The van der Waals surface area contributed by atoms with E-state index in [0.29, 0.717) is 28.1 Å². The molecule has 7 aromatic rings. The largest absolute Gasteiger partial charge is 0.309 e. The van der Waals surface area contributed by atoms with Crippen molar-refractivity contribution in [2.75, 3.05) is 0 Å². The quantitative estimate of drug-likeness (QED) is 0.208. The lowest BCUT2D eigenvalue weighted by Crippen LogP contribution is -2.00. The number of rotatable bonds is 2. The molecule has 0 aliphatic heterocycles. The first-order chi connectivity index (χ1) is 20.6. The van der Waals surface area contributed by atoms with E-state index in [4.69, 9.17) is 13.1 Å². The minimum atomic E-state index is 0.449. The Balaban J connectivity index is 1.58. The van der Waals surface area contributed by atoms with Gasteiger partial charge in [-0.3, -0.25) is 0 Å². The number of hydrogen-bond donors (Lipinski definition) is 0. The maximum Gasteiger partial charge on any atom is 0.188 e. The molecule has 2 heterocycles. The van der Waals surface area contributed by atoms with Crippen LogP contribution in [0.2, 0.25) is 0 Å². The Morgan fingerprint density at radius 3 is 1.21 bits per heavy atom. The second-order valence-corrected chi connectivity index (χ2v) is 9.83. The zero-order chi connectivity index (χ0) is 29.0. The van der Waals surface area contributed by atoms with E-state index in [9.17, 15) is 15.8 Å². The molecule has 0 amide bonds. The topological polar surface area (TPSA) is 89.9 Å². The fraction of sp³-hybridized carbons (Fsp3) is 0. The first-order valence-corrected chi connectivity index (χ1v) is 12.8. The number of benzene rings is 5. The third kappa shape index (κ3) is 3.49. The molecule has 7 rings (SSSR count). The van der Waals surface area contributed by atoms with Gasteiger partial charge in [0.1, 0.15) is 0 Å². The highest BCUT2D eigenvalue weighted by atomic mass is 15.0. The van der Waals surface area contributed by atoms with Gasteiger partial charge >= 0.3 is 0 Å². The molecule has 0 saturated carbocycles. The zero-order valence-corrected chi connectivity index (χ0v) is 21.8. The van der Waals surface area contributed by atoms with Crippen molar-refractivity contribution < 1.29 is 0 Å². The van der Waals surface area contributed by atoms with Crippen LogP contribution >= 0.6 is 0 Å². The van der Waals surface area contributed by atoms with Gasteiger partial charge in [-0.05, 0) is 89.6 Å². The summed E-state index contributed by atoms with van der Waals surface area (Å²) in [6.45, 7) is 15.0. The Morgan fingerprint density at radius 2 is 0.833 bits per heavy atom. The molecule has 0 aliphatic carbocycles. The van der Waals surface area contributed by atoms with Crippen molar-refractivity contribution in [1.82, 2.24) is 9.13 Å². The van der Waals surface area contributed by atoms with Crippen molar-refractivity contribution in [3.63, 3.8) is 0 Å². The van der Waals surface area contributed by atoms with E-state index >= 15 is 0 Å². The third-order valence-corrected chi connectivity index (χ3v) is 7.56. The molecule has 0 N–H and O–H groups in total. The Bertz CT molecular complexity index is 2220. The Labute approximate surface area is 239 Å². The van der Waals surface area contributed by atoms with Gasteiger partial charge in [0.15, 0.2) is 11.4 Å². The molecule has 42 heavy (non-hydrogen) atoms. The molecule has 190 valence electrons. The molecule has 7 heteroatoms. The fourth-order valence-electron chi connectivity index (χ4n) is 5.77. The SMILES string of the molecule is [C-]#[N+]c1ccc2c(c1)c1cc([N+]#[C-])ccc1n2-c1cc(C#N)cc(-n2c3ccc(C#N)cc3c3cc(C#N)ccc32)c1. The van der Waals surface area contributed by atoms with E-state index in [1.165, 1.54) is 0 Å². The summed E-state index contributed by atoms with van der Waals surface area (Å²) in [4.78, 5) is 7.21. The van der Waals surface area contributed by atoms with Crippen molar-refractivity contribution in [3.8, 4) is 29.6 Å². The Kier molecular flexibility index (Phi) is 5.26. The van der Waals surface area contributed by atoms with E-state index in [1.807, 2.05) is 75.9 Å². The lowest BCUT2D eigenvalue weighted by molar-refractivity contribution is 1.13. The molecule has 2 aromatic heterocycles. The first-order valence-electron chi connectivity index (χ1n) is 12.8. The van der Waals surface area contributed by atoms with Crippen LogP contribution in [0.25, 0.3) is 64.7 Å². The van der Waals surface area contributed by atoms with E-state index in [0.717, 1.165) is 55.0 Å². The standard InChI is InChI=1S/C35H15N7/c1-39-24-5-9-34-30(15-24)31-16-25(40-2)6-10-35(31)42(34)27-12-23(20-38)11-26(17-27)41-32-7-3-21(18-36)13-28(32)29-14-22(19-37)4-8-33(29)41/h3-17H. The van der Waals surface area contributed by atoms with Crippen LogP contribution in [0.3, 0.4) is 0 Å². The lowest BCUT2D eigenvalue weighted by atomic mass is 10.1. The van der Waals surface area contributed by atoms with Gasteiger partial charge in [0.05, 0.1) is 70.1 Å². The number of nitrogens with zero attached hydrogens (tertiary/aromatic N) is 7. The van der Waals surface area contributed by atoms with Gasteiger partial charge in [-0.25, -0.2) is 9.69 Å². The molecule has 5 aromatic carbocycles. The molecule has 0 atom stereocenters. The fourth-order valence-corrected chi connectivity index (χ4v) is 5.77. The summed E-state index contributed by atoms with van der Waals surface area (Å²) in [6, 6.07) is 34.3. The molecule has 7 nitrogen and oxygen atoms in total. The highest BCUT2D eigenvalue weighted by molar-refractivity contribution is 6.12. The van der Waals surface area contributed by atoms with Crippen LogP contribution in [0.1, 0.15) is 16.7 Å². The van der Waals surface area contributed by atoms with Crippen LogP contribution in [0, 0.1) is 47.1 Å². The van der Waals surface area contributed by atoms with Gasteiger partial charge in [-0.2, -0.15) is 15.8 Å². The lowest BCUT2D eigenvalue weighted by Gasteiger charge is -2.14. The maximum atomic E-state index is 10.1. The second kappa shape index (κ2) is 9.12. The zero-order valence-electron chi connectivity index (χ0n) is 21.8. The van der Waals surface area contributed by atoms with Crippen LogP contribution in [0.5, 0.6) is 0 Å². The Hall–Kier alpha value is -6.85. The highest BCUT2D eigenvalue weighted by Gasteiger charge is 2.18. The molecule has 0 spiro atoms. The molecular weight excluding hydrogens is 518 g/mol. The van der Waals surface area contributed by atoms with Crippen LogP contribution in [0.4, 0.5) is 11.4 Å². The number of hydrogen-bond acceptors (Lipinski definition) is 3. The molecular formula is C35H15N7. The first kappa shape index (κ1) is 24.2. The summed E-state index contributed by atoms with van der Waals surface area (Å²) in [6.07, 6.45) is 0. The molecule has 0 saturated heterocycles. The van der Waals surface area contributed by atoms with Crippen molar-refractivity contribution in [2.24, 2.45) is 0 Å². The van der Waals surface area contributed by atoms with Crippen LogP contribution < -0.4 is 0 Å². The van der Waals surface area contributed by atoms with E-state index in [2.05, 4.69) is 27.9 Å². The average Bonchev–Trinajstić information content (AvgIpc) is 3.55. The summed E-state index contributed by atoms with van der Waals surface area (Å²) in [7, 11) is 0. The molecule has 0 unspecified atom stereocenters. The van der Waals surface area contributed by atoms with Gasteiger partial charge < -0.3 is 9.13 Å². The van der Waals surface area contributed by atoms with Gasteiger partial charge in [0.25, 0.3) is 0 Å². The van der Waals surface area contributed by atoms with Gasteiger partial charge in [-0.1, -0.05) is 12.1 Å². The van der Waals surface area contributed by atoms with Crippen LogP contribution in [0.15, 0.2) is 91.0 Å². The van der Waals surface area contributed by atoms with Crippen molar-refractivity contribution in [3.05, 3.63) is 131 Å². The normalized spacial score (nSPS) is 10.7. The van der Waals surface area contributed by atoms with Crippen molar-refractivity contribution in [1.29, 1.82) is 15.8 Å². The summed E-state index contributed by atoms with van der Waals surface area (Å²) in [5.41, 5.74) is 7.33. The Morgan fingerprint density at radius 1 is 0.452 bits per heavy atom. The minimum Gasteiger partial charge on any atom is -0.309 e. The molecule has 0 radical (unpaired) electrons. The number of fused-ring (bicyclic) bond motifs is 6. The predicted molar refractivity (Wildman–Crippen MR) is 162 cm³/mol. The monoisotopic (exact) mass is 533 g/mol. The van der Waals surface area contributed by atoms with Gasteiger partial charge in [0.2, 0.25) is 0 Å². The van der Waals surface area contributed by atoms with Crippen molar-refractivity contribution >= 4 is 55.0 Å². The number of aromatic nitrogens is 2. The number of nitriles is 3. The maximum absolute atomic E-state index is 10.1. The predicted octanol–water partition coefficient (Wildman–Crippen LogP) is 8.60. The minimum absolute atomic E-state index is 0.449. The highest BCUT2D eigenvalue weighted by Crippen LogP contribution is 2.38. The van der Waals surface area contributed by atoms with Gasteiger partial charge in [-0.15, -0.1) is 0 Å². The summed E-state index contributed by atoms with van der Waals surface area (Å²) < 4.78 is 4.09. The summed E-state index contributed by atoms with van der Waals surface area (Å²) >= 11 is 0. The van der Waals surface area contributed by atoms with E-state index in [-0.39, 0.29) is 0 Å². The molecule has 0 fully saturated rings. The smallest absolute Gasteiger partial charge is 0.188 e. The van der Waals surface area contributed by atoms with Gasteiger partial charge in [0, 0.05) is 22.1 Å². The van der Waals surface area contributed by atoms with Crippen LogP contribution in [-0.2, 0) is 0 Å². The van der Waals surface area contributed by atoms with Crippen molar-refractivity contribution in [2.45, 2.75) is 0 Å². The second-order valence-electron chi connectivity index (χ2n) is 9.83. The molecule has 0 aliphatic rings. The average molecular weight is 534 g/mol. The third-order valence-electron chi connectivity index (χ3n) is 7.56. The van der Waals surface area contributed by atoms with E-state index in [1.54, 1.807) is 24.3 Å². The van der Waals surface area contributed by atoms with E-state index < -0.39 is 0 Å². The summed E-state index contributed by atoms with van der Waals surface area (Å²) in [5.74, 6) is 0. The molecule has 0 bridgehead atoms. The summed E-state index contributed by atoms with van der Waals surface area (Å²) in [5, 5.41) is 32.6. The van der Waals surface area contributed by atoms with Crippen LogP contribution in [-0.4, -0.2) is 9.13 Å².